The van der Waals surface area contributed by atoms with E-state index in [2.05, 4.69) is 123 Å². The molecule has 1 aromatic heterocycles. The van der Waals surface area contributed by atoms with E-state index < -0.39 is 18.3 Å². The van der Waals surface area contributed by atoms with E-state index in [9.17, 15) is 0 Å². The molecule has 0 atom stereocenters. The summed E-state index contributed by atoms with van der Waals surface area (Å²) in [7, 11) is -0.436. The third kappa shape index (κ3) is 4.96. The van der Waals surface area contributed by atoms with Crippen molar-refractivity contribution in [2.75, 3.05) is 0 Å². The second kappa shape index (κ2) is 9.52. The van der Waals surface area contributed by atoms with E-state index in [1.54, 1.807) is 0 Å². The maximum atomic E-state index is 6.49. The maximum absolute atomic E-state index is 6.49. The van der Waals surface area contributed by atoms with Gasteiger partial charge in [0, 0.05) is 11.8 Å². The summed E-state index contributed by atoms with van der Waals surface area (Å²) in [5.41, 5.74) is 13.2. The Morgan fingerprint density at radius 1 is 0.579 bits per heavy atom. The van der Waals surface area contributed by atoms with Crippen LogP contribution in [0.25, 0.3) is 33.5 Å². The van der Waals surface area contributed by atoms with Crippen LogP contribution in [0.4, 0.5) is 0 Å². The quantitative estimate of drug-likeness (QED) is 0.265. The van der Waals surface area contributed by atoms with Crippen molar-refractivity contribution in [3.8, 4) is 33.5 Å². The Morgan fingerprint density at radius 3 is 1.82 bits per heavy atom. The maximum Gasteiger partial charge on any atom is 0.494 e. The van der Waals surface area contributed by atoms with Gasteiger partial charge in [-0.25, -0.2) is 0 Å². The Labute approximate surface area is 228 Å². The molecule has 0 unspecified atom stereocenters. The standard InChI is InChI=1S/C34H38BNO2/c1-21-12-22(2)14-27(13-21)28-16-29(18-30(17-28)35-37-33(6,7)34(8,9)38-35)31-19-26(11-10-23(31)3)32-15-24(4)25(5)20-36-32/h10-20H,1-9H3. The van der Waals surface area contributed by atoms with Crippen LogP contribution in [0.15, 0.2) is 66.9 Å². The van der Waals surface area contributed by atoms with E-state index >= 15 is 0 Å². The van der Waals surface area contributed by atoms with Gasteiger partial charge >= 0.3 is 7.12 Å². The molecule has 38 heavy (non-hydrogen) atoms. The first-order chi connectivity index (χ1) is 17.8. The number of benzene rings is 3. The number of hydrogen-bond donors (Lipinski definition) is 0. The lowest BCUT2D eigenvalue weighted by Gasteiger charge is -2.32. The molecule has 0 radical (unpaired) electrons. The van der Waals surface area contributed by atoms with Gasteiger partial charge in [0.15, 0.2) is 0 Å². The zero-order valence-corrected chi connectivity index (χ0v) is 24.2. The number of pyridine rings is 1. The van der Waals surface area contributed by atoms with Gasteiger partial charge in [-0.1, -0.05) is 53.6 Å². The molecule has 3 aromatic carbocycles. The monoisotopic (exact) mass is 503 g/mol. The molecule has 2 heterocycles. The normalized spacial score (nSPS) is 16.2. The van der Waals surface area contributed by atoms with Crippen LogP contribution in [0.5, 0.6) is 0 Å². The second-order valence-electron chi connectivity index (χ2n) is 12.0. The van der Waals surface area contributed by atoms with E-state index in [-0.39, 0.29) is 0 Å². The van der Waals surface area contributed by atoms with E-state index in [1.807, 2.05) is 6.20 Å². The summed E-state index contributed by atoms with van der Waals surface area (Å²) < 4.78 is 13.0. The Kier molecular flexibility index (Phi) is 6.61. The van der Waals surface area contributed by atoms with Crippen molar-refractivity contribution < 1.29 is 9.31 Å². The molecule has 1 aliphatic heterocycles. The highest BCUT2D eigenvalue weighted by atomic mass is 16.7. The minimum Gasteiger partial charge on any atom is -0.399 e. The van der Waals surface area contributed by atoms with Crippen LogP contribution in [0.3, 0.4) is 0 Å². The smallest absolute Gasteiger partial charge is 0.399 e. The molecule has 0 amide bonds. The van der Waals surface area contributed by atoms with Crippen molar-refractivity contribution in [1.29, 1.82) is 0 Å². The number of aromatic nitrogens is 1. The Bertz CT molecular complexity index is 1500. The molecule has 4 heteroatoms. The molecule has 0 bridgehead atoms. The lowest BCUT2D eigenvalue weighted by molar-refractivity contribution is 0.00578. The minimum absolute atomic E-state index is 0.404. The molecule has 194 valence electrons. The van der Waals surface area contributed by atoms with Gasteiger partial charge in [-0.2, -0.15) is 0 Å². The van der Waals surface area contributed by atoms with Gasteiger partial charge in [-0.15, -0.1) is 0 Å². The fourth-order valence-corrected chi connectivity index (χ4v) is 5.10. The number of aryl methyl sites for hydroxylation is 5. The third-order valence-corrected chi connectivity index (χ3v) is 8.25. The molecular weight excluding hydrogens is 465 g/mol. The first-order valence-electron chi connectivity index (χ1n) is 13.5. The van der Waals surface area contributed by atoms with Crippen LogP contribution in [-0.2, 0) is 9.31 Å². The minimum atomic E-state index is -0.436. The van der Waals surface area contributed by atoms with E-state index in [0.29, 0.717) is 0 Å². The molecule has 3 nitrogen and oxygen atoms in total. The predicted octanol–water partition coefficient (Wildman–Crippen LogP) is 7.92. The number of nitrogens with zero attached hydrogens (tertiary/aromatic N) is 1. The Hall–Kier alpha value is -3.21. The van der Waals surface area contributed by atoms with Crippen molar-refractivity contribution in [3.05, 3.63) is 94.7 Å². The SMILES string of the molecule is Cc1cc(C)cc(-c2cc(B3OC(C)(C)C(C)(C)O3)cc(-c3cc(-c4cc(C)c(C)cn4)ccc3C)c2)c1. The summed E-state index contributed by atoms with van der Waals surface area (Å²) >= 11 is 0. The molecule has 0 spiro atoms. The molecule has 1 saturated heterocycles. The lowest BCUT2D eigenvalue weighted by Crippen LogP contribution is -2.41. The van der Waals surface area contributed by atoms with Crippen molar-refractivity contribution in [3.63, 3.8) is 0 Å². The molecule has 4 aromatic rings. The fourth-order valence-electron chi connectivity index (χ4n) is 5.10. The van der Waals surface area contributed by atoms with Gasteiger partial charge in [0.25, 0.3) is 0 Å². The molecular formula is C34H38BNO2. The molecule has 1 fully saturated rings. The van der Waals surface area contributed by atoms with Crippen LogP contribution in [-0.4, -0.2) is 23.3 Å². The van der Waals surface area contributed by atoms with Crippen LogP contribution in [0.2, 0.25) is 0 Å². The summed E-state index contributed by atoms with van der Waals surface area (Å²) in [4.78, 5) is 4.73. The van der Waals surface area contributed by atoms with Crippen molar-refractivity contribution in [1.82, 2.24) is 4.98 Å². The average molecular weight is 503 g/mol. The molecule has 1 aliphatic rings. The van der Waals surface area contributed by atoms with E-state index in [0.717, 1.165) is 27.8 Å². The number of hydrogen-bond acceptors (Lipinski definition) is 3. The largest absolute Gasteiger partial charge is 0.494 e. The molecule has 0 aliphatic carbocycles. The van der Waals surface area contributed by atoms with E-state index in [1.165, 1.54) is 38.9 Å². The van der Waals surface area contributed by atoms with Crippen molar-refractivity contribution >= 4 is 12.6 Å². The first-order valence-corrected chi connectivity index (χ1v) is 13.5. The topological polar surface area (TPSA) is 31.4 Å². The Morgan fingerprint density at radius 2 is 1.18 bits per heavy atom. The highest BCUT2D eigenvalue weighted by molar-refractivity contribution is 6.62. The second-order valence-corrected chi connectivity index (χ2v) is 12.0. The molecule has 5 rings (SSSR count). The summed E-state index contributed by atoms with van der Waals surface area (Å²) in [6, 6.07) is 22.3. The zero-order valence-electron chi connectivity index (χ0n) is 24.2. The van der Waals surface area contributed by atoms with Crippen LogP contribution in [0, 0.1) is 34.6 Å². The highest BCUT2D eigenvalue weighted by Gasteiger charge is 2.51. The van der Waals surface area contributed by atoms with Gasteiger partial charge < -0.3 is 9.31 Å². The summed E-state index contributed by atoms with van der Waals surface area (Å²) in [6.45, 7) is 19.1. The highest BCUT2D eigenvalue weighted by Crippen LogP contribution is 2.38. The van der Waals surface area contributed by atoms with Crippen LogP contribution < -0.4 is 5.46 Å². The summed E-state index contributed by atoms with van der Waals surface area (Å²) in [5, 5.41) is 0. The number of rotatable bonds is 4. The fraction of sp³-hybridized carbons (Fsp3) is 0.324. The predicted molar refractivity (Wildman–Crippen MR) is 160 cm³/mol. The van der Waals surface area contributed by atoms with Gasteiger partial charge in [0.2, 0.25) is 0 Å². The summed E-state index contributed by atoms with van der Waals surface area (Å²) in [6.07, 6.45) is 1.96. The van der Waals surface area contributed by atoms with E-state index in [4.69, 9.17) is 14.3 Å². The first kappa shape index (κ1) is 26.4. The molecule has 0 N–H and O–H groups in total. The van der Waals surface area contributed by atoms with Gasteiger partial charge in [-0.3, -0.25) is 4.98 Å². The van der Waals surface area contributed by atoms with Gasteiger partial charge in [0.05, 0.1) is 16.9 Å². The van der Waals surface area contributed by atoms with Crippen molar-refractivity contribution in [2.45, 2.75) is 73.5 Å². The summed E-state index contributed by atoms with van der Waals surface area (Å²) in [5.74, 6) is 0. The van der Waals surface area contributed by atoms with Crippen molar-refractivity contribution in [2.24, 2.45) is 0 Å². The Balaban J connectivity index is 1.68. The third-order valence-electron chi connectivity index (χ3n) is 8.25. The average Bonchev–Trinajstić information content (AvgIpc) is 3.07. The molecule has 0 saturated carbocycles. The van der Waals surface area contributed by atoms with Gasteiger partial charge in [0.1, 0.15) is 0 Å². The van der Waals surface area contributed by atoms with Crippen LogP contribution in [0.1, 0.15) is 55.5 Å². The lowest BCUT2D eigenvalue weighted by atomic mass is 9.76. The van der Waals surface area contributed by atoms with Gasteiger partial charge in [-0.05, 0) is 125 Å². The zero-order chi connectivity index (χ0) is 27.4. The van der Waals surface area contributed by atoms with Crippen LogP contribution >= 0.6 is 0 Å².